The first-order chi connectivity index (χ1) is 10.5. The highest BCUT2D eigenvalue weighted by Gasteiger charge is 2.33. The Hall–Kier alpha value is -2.06. The Morgan fingerprint density at radius 1 is 1.36 bits per heavy atom. The van der Waals surface area contributed by atoms with E-state index < -0.39 is 5.60 Å². The van der Waals surface area contributed by atoms with E-state index in [1.54, 1.807) is 25.1 Å². The van der Waals surface area contributed by atoms with Gasteiger partial charge in [0, 0.05) is 12.3 Å². The second-order valence-corrected chi connectivity index (χ2v) is 5.31. The van der Waals surface area contributed by atoms with Gasteiger partial charge in [-0.3, -0.25) is 4.79 Å². The van der Waals surface area contributed by atoms with Crippen LogP contribution in [-0.4, -0.2) is 25.2 Å². The molecule has 0 heterocycles. The van der Waals surface area contributed by atoms with Gasteiger partial charge in [0.2, 0.25) is 0 Å². The minimum absolute atomic E-state index is 0.197. The van der Waals surface area contributed by atoms with Crippen molar-refractivity contribution in [1.82, 2.24) is 0 Å². The average molecular weight is 304 g/mol. The summed E-state index contributed by atoms with van der Waals surface area (Å²) in [6, 6.07) is 7.03. The fourth-order valence-corrected chi connectivity index (χ4v) is 2.19. The zero-order valence-corrected chi connectivity index (χ0v) is 13.7. The third-order valence-corrected chi connectivity index (χ3v) is 3.41. The van der Waals surface area contributed by atoms with Gasteiger partial charge in [-0.05, 0) is 38.0 Å². The molecule has 0 bridgehead atoms. The SMILES string of the molecule is CCCO[C@](C)(CCC)C(=O)Nc1ccc(OC)c(C#N)c1. The summed E-state index contributed by atoms with van der Waals surface area (Å²) in [5.41, 5.74) is 0.0778. The van der Waals surface area contributed by atoms with Crippen LogP contribution in [-0.2, 0) is 9.53 Å². The second-order valence-electron chi connectivity index (χ2n) is 5.31. The maximum Gasteiger partial charge on any atom is 0.256 e. The van der Waals surface area contributed by atoms with Crippen molar-refractivity contribution < 1.29 is 14.3 Å². The lowest BCUT2D eigenvalue weighted by atomic mass is 9.98. The topological polar surface area (TPSA) is 71.3 Å². The molecule has 5 heteroatoms. The molecule has 5 nitrogen and oxygen atoms in total. The fourth-order valence-electron chi connectivity index (χ4n) is 2.19. The molecule has 1 N–H and O–H groups in total. The highest BCUT2D eigenvalue weighted by atomic mass is 16.5. The molecule has 1 atom stereocenters. The van der Waals surface area contributed by atoms with E-state index in [2.05, 4.69) is 11.4 Å². The minimum Gasteiger partial charge on any atom is -0.495 e. The van der Waals surface area contributed by atoms with E-state index in [9.17, 15) is 4.79 Å². The predicted molar refractivity (Wildman–Crippen MR) is 85.9 cm³/mol. The van der Waals surface area contributed by atoms with Gasteiger partial charge in [-0.15, -0.1) is 0 Å². The maximum atomic E-state index is 12.5. The lowest BCUT2D eigenvalue weighted by Gasteiger charge is -2.28. The zero-order valence-electron chi connectivity index (χ0n) is 13.7. The summed E-state index contributed by atoms with van der Waals surface area (Å²) in [5, 5.41) is 11.9. The van der Waals surface area contributed by atoms with Crippen LogP contribution in [0.1, 0.15) is 45.6 Å². The Kier molecular flexibility index (Phi) is 6.87. The van der Waals surface area contributed by atoms with Crippen LogP contribution in [0.4, 0.5) is 5.69 Å². The lowest BCUT2D eigenvalue weighted by molar-refractivity contribution is -0.140. The number of carbonyl (C=O) groups excluding carboxylic acids is 1. The van der Waals surface area contributed by atoms with Gasteiger partial charge in [0.15, 0.2) is 0 Å². The summed E-state index contributed by atoms with van der Waals surface area (Å²) >= 11 is 0. The van der Waals surface area contributed by atoms with Crippen LogP contribution in [0.25, 0.3) is 0 Å². The largest absolute Gasteiger partial charge is 0.495 e. The number of anilines is 1. The summed E-state index contributed by atoms with van der Waals surface area (Å²) in [6.45, 7) is 6.36. The quantitative estimate of drug-likeness (QED) is 0.798. The number of nitriles is 1. The van der Waals surface area contributed by atoms with Crippen LogP contribution < -0.4 is 10.1 Å². The Bertz CT molecular complexity index is 551. The van der Waals surface area contributed by atoms with E-state index in [1.165, 1.54) is 7.11 Å². The van der Waals surface area contributed by atoms with Crippen LogP contribution in [0.2, 0.25) is 0 Å². The molecule has 0 aliphatic rings. The molecular formula is C17H24N2O3. The first kappa shape index (κ1) is 18.0. The number of hydrogen-bond donors (Lipinski definition) is 1. The molecule has 1 aromatic rings. The third kappa shape index (κ3) is 4.47. The number of hydrogen-bond acceptors (Lipinski definition) is 4. The molecule has 1 rings (SSSR count). The molecule has 0 aromatic heterocycles. The van der Waals surface area contributed by atoms with Crippen molar-refractivity contribution in [3.8, 4) is 11.8 Å². The van der Waals surface area contributed by atoms with Gasteiger partial charge in [0.1, 0.15) is 17.4 Å². The highest BCUT2D eigenvalue weighted by Crippen LogP contribution is 2.24. The molecule has 120 valence electrons. The average Bonchev–Trinajstić information content (AvgIpc) is 2.53. The van der Waals surface area contributed by atoms with Crippen LogP contribution in [0.15, 0.2) is 18.2 Å². The summed E-state index contributed by atoms with van der Waals surface area (Å²) in [5.74, 6) is 0.288. The van der Waals surface area contributed by atoms with Crippen LogP contribution in [0, 0.1) is 11.3 Å². The smallest absolute Gasteiger partial charge is 0.256 e. The van der Waals surface area contributed by atoms with Gasteiger partial charge in [-0.1, -0.05) is 20.3 Å². The van der Waals surface area contributed by atoms with E-state index in [0.717, 1.165) is 12.8 Å². The van der Waals surface area contributed by atoms with Crippen molar-refractivity contribution in [1.29, 1.82) is 5.26 Å². The number of rotatable bonds is 8. The standard InChI is InChI=1S/C17H24N2O3/c1-5-9-17(3,22-10-6-2)16(20)19-14-7-8-15(21-4)13(11-14)12-18/h7-8,11H,5-6,9-10H2,1-4H3,(H,19,20)/t17-/m1/s1. The van der Waals surface area contributed by atoms with Crippen LogP contribution in [0.3, 0.4) is 0 Å². The van der Waals surface area contributed by atoms with Crippen molar-refractivity contribution in [2.75, 3.05) is 19.0 Å². The Balaban J connectivity index is 2.92. The Morgan fingerprint density at radius 2 is 2.09 bits per heavy atom. The van der Waals surface area contributed by atoms with Gasteiger partial charge >= 0.3 is 0 Å². The monoisotopic (exact) mass is 304 g/mol. The van der Waals surface area contributed by atoms with Crippen molar-refractivity contribution in [3.63, 3.8) is 0 Å². The molecule has 22 heavy (non-hydrogen) atoms. The van der Waals surface area contributed by atoms with E-state index >= 15 is 0 Å². The Morgan fingerprint density at radius 3 is 2.64 bits per heavy atom. The van der Waals surface area contributed by atoms with E-state index in [4.69, 9.17) is 14.7 Å². The van der Waals surface area contributed by atoms with E-state index in [0.29, 0.717) is 30.0 Å². The third-order valence-electron chi connectivity index (χ3n) is 3.41. The van der Waals surface area contributed by atoms with Gasteiger partial charge in [0.25, 0.3) is 5.91 Å². The minimum atomic E-state index is -0.864. The van der Waals surface area contributed by atoms with Crippen molar-refractivity contribution >= 4 is 11.6 Å². The fraction of sp³-hybridized carbons (Fsp3) is 0.529. The van der Waals surface area contributed by atoms with Crippen LogP contribution in [0.5, 0.6) is 5.75 Å². The van der Waals surface area contributed by atoms with E-state index in [1.807, 2.05) is 13.8 Å². The van der Waals surface area contributed by atoms with E-state index in [-0.39, 0.29) is 5.91 Å². The number of carbonyl (C=O) groups is 1. The molecule has 0 spiro atoms. The van der Waals surface area contributed by atoms with Crippen molar-refractivity contribution in [2.24, 2.45) is 0 Å². The predicted octanol–water partition coefficient (Wildman–Crippen LogP) is 3.49. The maximum absolute atomic E-state index is 12.5. The first-order valence-electron chi connectivity index (χ1n) is 7.54. The Labute approximate surface area is 132 Å². The lowest BCUT2D eigenvalue weighted by Crippen LogP contribution is -2.43. The molecule has 0 fully saturated rings. The summed E-state index contributed by atoms with van der Waals surface area (Å²) < 4.78 is 10.8. The van der Waals surface area contributed by atoms with Crippen LogP contribution >= 0.6 is 0 Å². The molecule has 0 unspecified atom stereocenters. The van der Waals surface area contributed by atoms with Gasteiger partial charge in [-0.2, -0.15) is 5.26 Å². The molecule has 1 amide bonds. The van der Waals surface area contributed by atoms with Crippen molar-refractivity contribution in [3.05, 3.63) is 23.8 Å². The van der Waals surface area contributed by atoms with Gasteiger partial charge in [-0.25, -0.2) is 0 Å². The number of nitrogens with one attached hydrogen (secondary N) is 1. The molecule has 0 aliphatic heterocycles. The van der Waals surface area contributed by atoms with Crippen molar-refractivity contribution in [2.45, 2.75) is 45.6 Å². The molecule has 0 aliphatic carbocycles. The summed E-state index contributed by atoms with van der Waals surface area (Å²) in [7, 11) is 1.51. The molecule has 0 saturated carbocycles. The van der Waals surface area contributed by atoms with Gasteiger partial charge in [0.05, 0.1) is 12.7 Å². The first-order valence-corrected chi connectivity index (χ1v) is 7.54. The molecule has 0 radical (unpaired) electrons. The summed E-state index contributed by atoms with van der Waals surface area (Å²) in [6.07, 6.45) is 2.34. The number of amides is 1. The molecular weight excluding hydrogens is 280 g/mol. The highest BCUT2D eigenvalue weighted by molar-refractivity contribution is 5.97. The number of ether oxygens (including phenoxy) is 2. The molecule has 1 aromatic carbocycles. The second kappa shape index (κ2) is 8.40. The number of benzene rings is 1. The zero-order chi connectivity index (χ0) is 16.6. The normalized spacial score (nSPS) is 13.0. The molecule has 0 saturated heterocycles. The number of nitrogens with zero attached hydrogens (tertiary/aromatic N) is 1. The van der Waals surface area contributed by atoms with Gasteiger partial charge < -0.3 is 14.8 Å². The number of methoxy groups -OCH3 is 1. The summed E-state index contributed by atoms with van der Waals surface area (Å²) in [4.78, 5) is 12.5.